The molecule has 130 valence electrons. The molecule has 0 bridgehead atoms. The number of hydrogen-bond acceptors (Lipinski definition) is 4. The number of aromatic amines is 1. The molecule has 0 atom stereocenters. The largest absolute Gasteiger partial charge is 0.342 e. The lowest BCUT2D eigenvalue weighted by Crippen LogP contribution is -2.35. The molecule has 1 amide bonds. The Balaban J connectivity index is 1.49. The van der Waals surface area contributed by atoms with Crippen molar-refractivity contribution in [2.45, 2.75) is 33.1 Å². The number of rotatable bonds is 6. The average molecular weight is 354 g/mol. The number of nitrogens with zero attached hydrogens (tertiary/aromatic N) is 3. The second-order valence-electron chi connectivity index (χ2n) is 6.96. The van der Waals surface area contributed by atoms with Crippen LogP contribution in [0.15, 0.2) is 23.0 Å². The van der Waals surface area contributed by atoms with Gasteiger partial charge in [-0.25, -0.2) is 9.97 Å². The van der Waals surface area contributed by atoms with Crippen LogP contribution in [0, 0.1) is 19.8 Å². The van der Waals surface area contributed by atoms with Gasteiger partial charge in [0.1, 0.15) is 11.5 Å². The van der Waals surface area contributed by atoms with Crippen LogP contribution in [0.25, 0.3) is 11.0 Å². The van der Waals surface area contributed by atoms with Crippen molar-refractivity contribution < 1.29 is 4.79 Å². The van der Waals surface area contributed by atoms with E-state index in [4.69, 9.17) is 4.98 Å². The second kappa shape index (κ2) is 6.59. The fourth-order valence-corrected chi connectivity index (χ4v) is 3.58. The van der Waals surface area contributed by atoms with E-state index in [2.05, 4.69) is 35.9 Å². The zero-order valence-corrected chi connectivity index (χ0v) is 15.4. The number of H-pyrrole nitrogens is 1. The Kier molecular flexibility index (Phi) is 4.29. The van der Waals surface area contributed by atoms with Crippen molar-refractivity contribution in [3.05, 3.63) is 45.7 Å². The lowest BCUT2D eigenvalue weighted by atomic mass is 10.1. The third-order valence-corrected chi connectivity index (χ3v) is 5.47. The van der Waals surface area contributed by atoms with Crippen molar-refractivity contribution in [1.29, 1.82) is 0 Å². The molecule has 4 rings (SSSR count). The molecule has 3 aromatic rings. The normalized spacial score (nSPS) is 14.2. The number of benzene rings is 1. The summed E-state index contributed by atoms with van der Waals surface area (Å²) in [7, 11) is 0. The summed E-state index contributed by atoms with van der Waals surface area (Å²) in [4.78, 5) is 26.9. The summed E-state index contributed by atoms with van der Waals surface area (Å²) in [5.74, 6) is 1.63. The Labute approximate surface area is 151 Å². The number of imidazole rings is 1. The molecule has 6 heteroatoms. The summed E-state index contributed by atoms with van der Waals surface area (Å²) in [6.07, 6.45) is 3.18. The molecule has 2 aromatic heterocycles. The highest BCUT2D eigenvalue weighted by Gasteiger charge is 2.28. The predicted molar refractivity (Wildman–Crippen MR) is 100 cm³/mol. The van der Waals surface area contributed by atoms with Crippen molar-refractivity contribution in [3.63, 3.8) is 0 Å². The van der Waals surface area contributed by atoms with Crippen LogP contribution in [0.3, 0.4) is 0 Å². The van der Waals surface area contributed by atoms with E-state index in [0.29, 0.717) is 18.2 Å². The summed E-state index contributed by atoms with van der Waals surface area (Å²) < 4.78 is 0. The average Bonchev–Trinajstić information content (AvgIpc) is 3.08. The molecule has 0 aliphatic heterocycles. The van der Waals surface area contributed by atoms with E-state index in [1.807, 2.05) is 10.3 Å². The number of aromatic nitrogens is 3. The number of nitrogens with one attached hydrogen (secondary N) is 1. The van der Waals surface area contributed by atoms with E-state index in [1.165, 1.54) is 35.3 Å². The zero-order valence-electron chi connectivity index (χ0n) is 14.6. The Bertz CT molecular complexity index is 857. The van der Waals surface area contributed by atoms with Gasteiger partial charge in [0.25, 0.3) is 5.91 Å². The molecular weight excluding hydrogens is 332 g/mol. The van der Waals surface area contributed by atoms with E-state index in [0.717, 1.165) is 29.8 Å². The molecule has 1 aromatic carbocycles. The summed E-state index contributed by atoms with van der Waals surface area (Å²) in [5, 5.41) is 1.83. The Morgan fingerprint density at radius 3 is 2.84 bits per heavy atom. The quantitative estimate of drug-likeness (QED) is 0.734. The van der Waals surface area contributed by atoms with Gasteiger partial charge in [-0.2, -0.15) is 0 Å². The molecule has 0 spiro atoms. The van der Waals surface area contributed by atoms with Gasteiger partial charge in [0.05, 0.1) is 16.5 Å². The molecule has 1 saturated carbocycles. The summed E-state index contributed by atoms with van der Waals surface area (Å²) in [6.45, 7) is 5.71. The maximum absolute atomic E-state index is 12.7. The maximum atomic E-state index is 12.7. The van der Waals surface area contributed by atoms with Gasteiger partial charge in [0.15, 0.2) is 0 Å². The molecule has 2 heterocycles. The molecule has 5 nitrogen and oxygen atoms in total. The minimum Gasteiger partial charge on any atom is -0.342 e. The van der Waals surface area contributed by atoms with Crippen LogP contribution < -0.4 is 0 Å². The molecule has 0 radical (unpaired) electrons. The summed E-state index contributed by atoms with van der Waals surface area (Å²) in [5.41, 5.74) is 6.85. The van der Waals surface area contributed by atoms with Gasteiger partial charge in [-0.1, -0.05) is 0 Å². The van der Waals surface area contributed by atoms with Gasteiger partial charge in [0, 0.05) is 24.9 Å². The lowest BCUT2D eigenvalue weighted by Gasteiger charge is -2.21. The number of fused-ring (bicyclic) bond motifs is 1. The second-order valence-corrected chi connectivity index (χ2v) is 7.67. The molecule has 25 heavy (non-hydrogen) atoms. The van der Waals surface area contributed by atoms with Crippen LogP contribution in [-0.4, -0.2) is 38.8 Å². The van der Waals surface area contributed by atoms with Crippen LogP contribution in [0.4, 0.5) is 0 Å². The topological polar surface area (TPSA) is 61.9 Å². The molecule has 0 saturated heterocycles. The van der Waals surface area contributed by atoms with E-state index in [-0.39, 0.29) is 5.91 Å². The highest BCUT2D eigenvalue weighted by Crippen LogP contribution is 2.30. The lowest BCUT2D eigenvalue weighted by molar-refractivity contribution is 0.0744. The van der Waals surface area contributed by atoms with E-state index in [9.17, 15) is 4.79 Å². The van der Waals surface area contributed by atoms with Crippen LogP contribution in [0.2, 0.25) is 0 Å². The van der Waals surface area contributed by atoms with E-state index < -0.39 is 0 Å². The van der Waals surface area contributed by atoms with Gasteiger partial charge >= 0.3 is 0 Å². The number of thiazole rings is 1. The number of amides is 1. The predicted octanol–water partition coefficient (Wildman–Crippen LogP) is 3.73. The minimum absolute atomic E-state index is 0.0379. The first kappa shape index (κ1) is 16.3. The number of carbonyl (C=O) groups excluding carboxylic acids is 1. The van der Waals surface area contributed by atoms with Crippen molar-refractivity contribution in [3.8, 4) is 0 Å². The highest BCUT2D eigenvalue weighted by molar-refractivity contribution is 7.07. The molecule has 1 N–H and O–H groups in total. The first-order valence-electron chi connectivity index (χ1n) is 8.73. The minimum atomic E-state index is 0.0379. The number of hydrogen-bond donors (Lipinski definition) is 1. The molecule has 1 fully saturated rings. The monoisotopic (exact) mass is 354 g/mol. The first-order valence-corrected chi connectivity index (χ1v) is 9.68. The summed E-state index contributed by atoms with van der Waals surface area (Å²) in [6, 6.07) is 4.26. The Morgan fingerprint density at radius 1 is 1.32 bits per heavy atom. The van der Waals surface area contributed by atoms with Crippen molar-refractivity contribution in [2.75, 3.05) is 13.1 Å². The summed E-state index contributed by atoms with van der Waals surface area (Å²) >= 11 is 1.46. The highest BCUT2D eigenvalue weighted by atomic mass is 32.1. The number of aryl methyl sites for hydroxylation is 2. The van der Waals surface area contributed by atoms with Crippen molar-refractivity contribution >= 4 is 28.3 Å². The fraction of sp³-hybridized carbons (Fsp3) is 0.421. The van der Waals surface area contributed by atoms with Gasteiger partial charge in [-0.3, -0.25) is 4.79 Å². The van der Waals surface area contributed by atoms with Crippen LogP contribution in [0.5, 0.6) is 0 Å². The third kappa shape index (κ3) is 3.58. The van der Waals surface area contributed by atoms with Gasteiger partial charge in [0.2, 0.25) is 0 Å². The van der Waals surface area contributed by atoms with Gasteiger partial charge < -0.3 is 9.88 Å². The Morgan fingerprint density at radius 2 is 2.12 bits per heavy atom. The van der Waals surface area contributed by atoms with Crippen molar-refractivity contribution in [1.82, 2.24) is 19.9 Å². The van der Waals surface area contributed by atoms with Crippen LogP contribution >= 0.6 is 11.3 Å². The molecule has 1 aliphatic rings. The van der Waals surface area contributed by atoms with Crippen LogP contribution in [-0.2, 0) is 6.42 Å². The molecular formula is C19H22N4OS. The number of carbonyl (C=O) groups is 1. The van der Waals surface area contributed by atoms with Crippen LogP contribution in [0.1, 0.15) is 40.3 Å². The standard InChI is InChI=1S/C19H22N4OS/c1-12-7-15-16(8-13(12)2)22-18(21-15)5-6-23(9-14-3-4-14)19(24)17-10-25-11-20-17/h7-8,10-11,14H,3-6,9H2,1-2H3,(H,21,22). The SMILES string of the molecule is Cc1cc2nc(CCN(CC3CC3)C(=O)c3cscn3)[nH]c2cc1C. The van der Waals surface area contributed by atoms with Crippen molar-refractivity contribution in [2.24, 2.45) is 5.92 Å². The maximum Gasteiger partial charge on any atom is 0.273 e. The zero-order chi connectivity index (χ0) is 17.4. The van der Waals surface area contributed by atoms with Gasteiger partial charge in [-0.15, -0.1) is 11.3 Å². The third-order valence-electron chi connectivity index (χ3n) is 4.88. The first-order chi connectivity index (χ1) is 12.1. The molecule has 0 unspecified atom stereocenters. The fourth-order valence-electron chi connectivity index (χ4n) is 3.05. The Hall–Kier alpha value is -2.21. The van der Waals surface area contributed by atoms with E-state index in [1.54, 1.807) is 5.51 Å². The van der Waals surface area contributed by atoms with Gasteiger partial charge in [-0.05, 0) is 55.9 Å². The molecule has 1 aliphatic carbocycles. The van der Waals surface area contributed by atoms with E-state index >= 15 is 0 Å². The smallest absolute Gasteiger partial charge is 0.273 e.